The van der Waals surface area contributed by atoms with Crippen molar-refractivity contribution >= 4 is 23.7 Å². The number of likely N-dealkylation sites (N-methyl/N-ethyl adjacent to an activating group) is 1. The lowest BCUT2D eigenvalue weighted by Crippen LogP contribution is -2.47. The van der Waals surface area contributed by atoms with E-state index in [2.05, 4.69) is 6.58 Å². The number of nitrogens with zero attached hydrogens (tertiary/aromatic N) is 1. The fourth-order valence-corrected chi connectivity index (χ4v) is 3.13. The molecule has 2 rings (SSSR count). The first-order valence-electron chi connectivity index (χ1n) is 9.42. The van der Waals surface area contributed by atoms with Crippen molar-refractivity contribution in [2.45, 2.75) is 38.9 Å². The van der Waals surface area contributed by atoms with Crippen LogP contribution in [-0.4, -0.2) is 67.0 Å². The lowest BCUT2D eigenvalue weighted by Gasteiger charge is -2.32. The molecule has 2 heterocycles. The van der Waals surface area contributed by atoms with Crippen LogP contribution in [0.25, 0.3) is 0 Å². The van der Waals surface area contributed by atoms with E-state index in [0.29, 0.717) is 19.5 Å². The van der Waals surface area contributed by atoms with Gasteiger partial charge in [-0.15, -0.1) is 0 Å². The van der Waals surface area contributed by atoms with Crippen molar-refractivity contribution in [3.8, 4) is 0 Å². The van der Waals surface area contributed by atoms with Crippen LogP contribution in [0.3, 0.4) is 0 Å². The number of hydrogen-bond donors (Lipinski definition) is 0. The van der Waals surface area contributed by atoms with Crippen molar-refractivity contribution in [2.24, 2.45) is 5.92 Å². The van der Waals surface area contributed by atoms with Gasteiger partial charge in [-0.25, -0.2) is 9.59 Å². The molecular formula is C21H27NO7. The third-order valence-electron chi connectivity index (χ3n) is 5.15. The van der Waals surface area contributed by atoms with Crippen LogP contribution < -0.4 is 0 Å². The number of cyclic esters (lactones) is 1. The van der Waals surface area contributed by atoms with Gasteiger partial charge in [-0.1, -0.05) is 31.7 Å². The summed E-state index contributed by atoms with van der Waals surface area (Å²) >= 11 is 0. The Balaban J connectivity index is 2.54. The van der Waals surface area contributed by atoms with Crippen molar-refractivity contribution in [3.63, 3.8) is 0 Å². The highest BCUT2D eigenvalue weighted by Gasteiger charge is 2.44. The molecule has 0 aliphatic carbocycles. The van der Waals surface area contributed by atoms with Gasteiger partial charge < -0.3 is 19.1 Å². The third-order valence-corrected chi connectivity index (χ3v) is 5.15. The number of rotatable bonds is 2. The quantitative estimate of drug-likeness (QED) is 0.502. The van der Waals surface area contributed by atoms with Crippen LogP contribution in [0.2, 0.25) is 0 Å². The van der Waals surface area contributed by atoms with Gasteiger partial charge in [0, 0.05) is 37.9 Å². The fraction of sp³-hybridized carbons (Fsp3) is 0.524. The molecule has 2 aliphatic rings. The zero-order valence-electron chi connectivity index (χ0n) is 17.2. The van der Waals surface area contributed by atoms with Crippen molar-refractivity contribution < 1.29 is 33.4 Å². The first-order chi connectivity index (χ1) is 13.6. The van der Waals surface area contributed by atoms with E-state index in [9.17, 15) is 19.2 Å². The summed E-state index contributed by atoms with van der Waals surface area (Å²) < 4.78 is 16.1. The van der Waals surface area contributed by atoms with Crippen molar-refractivity contribution in [1.29, 1.82) is 0 Å². The predicted octanol–water partition coefficient (Wildman–Crippen LogP) is 1.36. The van der Waals surface area contributed by atoms with E-state index in [1.165, 1.54) is 26.0 Å². The number of ether oxygens (including phenoxy) is 3. The number of fused-ring (bicyclic) bond motifs is 2. The molecule has 0 aromatic rings. The molecule has 2 aliphatic heterocycles. The highest BCUT2D eigenvalue weighted by Crippen LogP contribution is 2.28. The van der Waals surface area contributed by atoms with Gasteiger partial charge in [0.2, 0.25) is 11.4 Å². The van der Waals surface area contributed by atoms with Gasteiger partial charge in [0.15, 0.2) is 6.10 Å². The van der Waals surface area contributed by atoms with Gasteiger partial charge in [-0.05, 0) is 14.0 Å². The largest absolute Gasteiger partial charge is 0.458 e. The second-order valence-electron chi connectivity index (χ2n) is 7.43. The van der Waals surface area contributed by atoms with E-state index in [1.54, 1.807) is 13.0 Å². The molecule has 0 aromatic heterocycles. The van der Waals surface area contributed by atoms with Gasteiger partial charge in [0.1, 0.15) is 6.61 Å². The number of Topliss-reactive ketones (excluding diaryl/α,β-unsaturated/α-hetero) is 1. The molecule has 3 atom stereocenters. The number of carbonyl (C=O) groups is 4. The lowest BCUT2D eigenvalue weighted by atomic mass is 9.88. The molecule has 0 aromatic carbocycles. The Labute approximate surface area is 170 Å². The molecule has 8 nitrogen and oxygen atoms in total. The molecular weight excluding hydrogens is 378 g/mol. The van der Waals surface area contributed by atoms with Crippen LogP contribution in [0.4, 0.5) is 0 Å². The SMILES string of the molecule is C=CC1=C[C@@H](C)[C@@](C)(OC(C)=O)C(=O)OCC2=CCN(C)CC[C@@H](OC1=O)C2=O. The average molecular weight is 405 g/mol. The van der Waals surface area contributed by atoms with E-state index >= 15 is 0 Å². The highest BCUT2D eigenvalue weighted by atomic mass is 16.6. The van der Waals surface area contributed by atoms with Gasteiger partial charge in [0.25, 0.3) is 0 Å². The summed E-state index contributed by atoms with van der Waals surface area (Å²) in [6.07, 6.45) is 3.68. The minimum absolute atomic E-state index is 0.0676. The van der Waals surface area contributed by atoms with E-state index in [0.717, 1.165) is 0 Å². The molecule has 0 fully saturated rings. The number of carbonyl (C=O) groups excluding carboxylic acids is 4. The Hall–Kier alpha value is -2.74. The summed E-state index contributed by atoms with van der Waals surface area (Å²) in [5.74, 6) is -3.35. The van der Waals surface area contributed by atoms with Crippen LogP contribution in [-0.2, 0) is 33.4 Å². The summed E-state index contributed by atoms with van der Waals surface area (Å²) in [6.45, 7) is 8.54. The van der Waals surface area contributed by atoms with Crippen LogP contribution >= 0.6 is 0 Å². The fourth-order valence-electron chi connectivity index (χ4n) is 3.13. The molecule has 29 heavy (non-hydrogen) atoms. The molecule has 0 N–H and O–H groups in total. The lowest BCUT2D eigenvalue weighted by molar-refractivity contribution is -0.183. The zero-order chi connectivity index (χ0) is 21.8. The van der Waals surface area contributed by atoms with Gasteiger partial charge in [0.05, 0.1) is 5.57 Å². The summed E-state index contributed by atoms with van der Waals surface area (Å²) in [4.78, 5) is 52.0. The van der Waals surface area contributed by atoms with Crippen molar-refractivity contribution in [1.82, 2.24) is 4.90 Å². The normalized spacial score (nSPS) is 29.6. The monoisotopic (exact) mass is 405 g/mol. The van der Waals surface area contributed by atoms with Crippen LogP contribution in [0, 0.1) is 5.92 Å². The average Bonchev–Trinajstić information content (AvgIpc) is 2.65. The Kier molecular flexibility index (Phi) is 7.13. The maximum atomic E-state index is 12.9. The van der Waals surface area contributed by atoms with Crippen molar-refractivity contribution in [2.75, 3.05) is 26.7 Å². The Bertz CT molecular complexity index is 782. The molecule has 0 saturated carbocycles. The standard InChI is InChI=1S/C21H27NO7/c1-6-15-11-13(2)21(4,29-14(3)23)20(26)27-12-16-7-9-22(5)10-8-17(18(16)24)28-19(15)25/h6-7,11,13,17H,1,8-10,12H2,2-5H3/t13-,17-,21-/m1/s1. The number of ketones is 1. The highest BCUT2D eigenvalue weighted by molar-refractivity contribution is 6.02. The van der Waals surface area contributed by atoms with E-state index in [-0.39, 0.29) is 17.8 Å². The number of hydrogen-bond acceptors (Lipinski definition) is 8. The van der Waals surface area contributed by atoms with Gasteiger partial charge in [-0.3, -0.25) is 9.59 Å². The maximum absolute atomic E-state index is 12.9. The van der Waals surface area contributed by atoms with Gasteiger partial charge >= 0.3 is 17.9 Å². The maximum Gasteiger partial charge on any atom is 0.351 e. The molecule has 0 saturated heterocycles. The second-order valence-corrected chi connectivity index (χ2v) is 7.43. The van der Waals surface area contributed by atoms with E-state index in [4.69, 9.17) is 14.2 Å². The zero-order valence-corrected chi connectivity index (χ0v) is 17.2. The minimum atomic E-state index is -1.69. The smallest absolute Gasteiger partial charge is 0.351 e. The summed E-state index contributed by atoms with van der Waals surface area (Å²) in [5.41, 5.74) is -1.40. The van der Waals surface area contributed by atoms with Crippen LogP contribution in [0.5, 0.6) is 0 Å². The molecule has 2 bridgehead atoms. The third kappa shape index (κ3) is 5.20. The Morgan fingerprint density at radius 1 is 1.38 bits per heavy atom. The molecule has 0 unspecified atom stereocenters. The predicted molar refractivity (Wildman–Crippen MR) is 104 cm³/mol. The molecule has 0 radical (unpaired) electrons. The summed E-state index contributed by atoms with van der Waals surface area (Å²) in [5, 5.41) is 0. The van der Waals surface area contributed by atoms with Gasteiger partial charge in [-0.2, -0.15) is 0 Å². The second kappa shape index (κ2) is 9.17. The molecule has 0 amide bonds. The Morgan fingerprint density at radius 2 is 2.07 bits per heavy atom. The minimum Gasteiger partial charge on any atom is -0.458 e. The molecule has 0 spiro atoms. The first-order valence-corrected chi connectivity index (χ1v) is 9.42. The number of esters is 3. The van der Waals surface area contributed by atoms with Crippen LogP contribution in [0.1, 0.15) is 27.2 Å². The molecule has 158 valence electrons. The first kappa shape index (κ1) is 22.5. The summed E-state index contributed by atoms with van der Waals surface area (Å²) in [7, 11) is 1.87. The van der Waals surface area contributed by atoms with E-state index in [1.807, 2.05) is 11.9 Å². The summed E-state index contributed by atoms with van der Waals surface area (Å²) in [6, 6.07) is 0. The van der Waals surface area contributed by atoms with E-state index < -0.39 is 41.3 Å². The van der Waals surface area contributed by atoms with Crippen LogP contribution in [0.15, 0.2) is 36.0 Å². The van der Waals surface area contributed by atoms with Crippen molar-refractivity contribution in [3.05, 3.63) is 36.0 Å². The molecule has 8 heteroatoms. The topological polar surface area (TPSA) is 99.2 Å². The Morgan fingerprint density at radius 3 is 2.69 bits per heavy atom.